The van der Waals surface area contributed by atoms with Crippen LogP contribution in [0.5, 0.6) is 11.5 Å². The van der Waals surface area contributed by atoms with Gasteiger partial charge in [0.05, 0.1) is 22.3 Å². The van der Waals surface area contributed by atoms with Gasteiger partial charge in [-0.2, -0.15) is 52.7 Å². The predicted octanol–water partition coefficient (Wildman–Crippen LogP) is 15.7. The summed E-state index contributed by atoms with van der Waals surface area (Å²) in [6.45, 7) is 4.01. The van der Waals surface area contributed by atoms with Crippen LogP contribution in [-0.4, -0.2) is 4.89 Å². The fraction of sp³-hybridized carbons (Fsp3) is 0.265. The molecule has 1 aliphatic heterocycles. The number of rotatable bonds is 2. The first-order chi connectivity index (χ1) is 30.7. The van der Waals surface area contributed by atoms with Gasteiger partial charge in [0.25, 0.3) is 0 Å². The number of hydrogen-bond donors (Lipinski definition) is 1. The lowest BCUT2D eigenvalue weighted by Crippen LogP contribution is -2.26. The number of phosphoric ester groups is 1. The van der Waals surface area contributed by atoms with Crippen LogP contribution < -0.4 is 9.05 Å². The van der Waals surface area contributed by atoms with Gasteiger partial charge in [-0.25, -0.2) is 4.57 Å². The molecule has 6 aromatic rings. The standard InChI is InChI=1S/C49H33F12O4P/c1-23-24(2)26-5-9-28(10-6-26)38-22-40(30-17-33(48(56,57)58)20-34(18-30)49(59,60)61)44-42-36(38)12-14-45(42)13-11-35-37(27-7-3-25(23)4-8-27)21-39(43(41(35)45)64-66(62,63)65-44)29-15-31(46(50,51)52)19-32(16-29)47(53,54)55/h3-10,15-24H,11-14H2,1-2H3,(H,62,63). The topological polar surface area (TPSA) is 55.8 Å². The predicted molar refractivity (Wildman–Crippen MR) is 220 cm³/mol. The second-order valence-electron chi connectivity index (χ2n) is 17.5. The van der Waals surface area contributed by atoms with Crippen LogP contribution in [-0.2, 0) is 47.5 Å². The maximum absolute atomic E-state index is 14.5. The van der Waals surface area contributed by atoms with Crippen molar-refractivity contribution in [2.45, 2.75) is 81.5 Å². The summed E-state index contributed by atoms with van der Waals surface area (Å²) >= 11 is 0. The third kappa shape index (κ3) is 7.08. The van der Waals surface area contributed by atoms with Crippen LogP contribution in [0, 0.1) is 0 Å². The number of alkyl halides is 12. The highest BCUT2D eigenvalue weighted by molar-refractivity contribution is 7.48. The second kappa shape index (κ2) is 14.4. The molecule has 11 bridgehead atoms. The summed E-state index contributed by atoms with van der Waals surface area (Å²) in [7, 11) is -5.72. The van der Waals surface area contributed by atoms with Crippen molar-refractivity contribution in [1.82, 2.24) is 0 Å². The monoisotopic (exact) mass is 944 g/mol. The van der Waals surface area contributed by atoms with E-state index in [0.717, 1.165) is 11.1 Å². The molecule has 2 atom stereocenters. The normalized spacial score (nSPS) is 22.0. The molecular formula is C49H33F12O4P. The van der Waals surface area contributed by atoms with Crippen LogP contribution in [0.4, 0.5) is 52.7 Å². The molecule has 1 heterocycles. The minimum Gasteiger partial charge on any atom is -0.394 e. The first kappa shape index (κ1) is 44.1. The summed E-state index contributed by atoms with van der Waals surface area (Å²) in [5, 5.41) is 0. The molecule has 1 spiro atoms. The molecule has 1 N–H and O–H groups in total. The zero-order valence-electron chi connectivity index (χ0n) is 34.4. The molecule has 6 aromatic carbocycles. The highest BCUT2D eigenvalue weighted by Crippen LogP contribution is 2.68. The molecule has 6 aliphatic rings. The molecule has 0 aromatic heterocycles. The van der Waals surface area contributed by atoms with Gasteiger partial charge < -0.3 is 9.05 Å². The van der Waals surface area contributed by atoms with E-state index in [1.165, 1.54) is 12.1 Å². The van der Waals surface area contributed by atoms with E-state index in [1.54, 1.807) is 24.3 Å². The summed E-state index contributed by atoms with van der Waals surface area (Å²) in [6.07, 6.45) is -20.6. The van der Waals surface area contributed by atoms with Crippen LogP contribution in [0.15, 0.2) is 97.1 Å². The fourth-order valence-corrected chi connectivity index (χ4v) is 11.4. The van der Waals surface area contributed by atoms with Crippen molar-refractivity contribution >= 4 is 7.82 Å². The Morgan fingerprint density at radius 2 is 0.803 bits per heavy atom. The van der Waals surface area contributed by atoms with Crippen molar-refractivity contribution in [1.29, 1.82) is 0 Å². The Morgan fingerprint density at radius 1 is 0.485 bits per heavy atom. The SMILES string of the molecule is CC1c2ccc(cc2)-c2cc(-c3cc(C(F)(F)F)cc(C(F)(F)F)c3)c3c4c2CCC42CCc4c(cc(-c5cc(C(F)(F)F)cc(C(F)(F)F)c5)c(c42)OP(=O)(O)O3)-c2ccc(cc2)C1C. The van der Waals surface area contributed by atoms with E-state index < -0.39 is 93.9 Å². The van der Waals surface area contributed by atoms with Gasteiger partial charge in [-0.15, -0.1) is 0 Å². The van der Waals surface area contributed by atoms with E-state index in [0.29, 0.717) is 57.6 Å². The molecule has 4 nitrogen and oxygen atoms in total. The Bertz CT molecular complexity index is 2790. The lowest BCUT2D eigenvalue weighted by Gasteiger charge is -2.35. The number of benzene rings is 6. The molecule has 66 heavy (non-hydrogen) atoms. The van der Waals surface area contributed by atoms with Crippen molar-refractivity contribution in [3.05, 3.63) is 153 Å². The largest absolute Gasteiger partial charge is 0.584 e. The number of halogens is 12. The number of fused-ring (bicyclic) bond motifs is 2. The molecule has 5 aliphatic carbocycles. The highest BCUT2D eigenvalue weighted by Gasteiger charge is 2.54. The molecule has 2 unspecified atom stereocenters. The Morgan fingerprint density at radius 3 is 1.11 bits per heavy atom. The summed E-state index contributed by atoms with van der Waals surface area (Å²) in [6, 6.07) is 18.9. The van der Waals surface area contributed by atoms with Gasteiger partial charge in [0, 0.05) is 27.7 Å². The van der Waals surface area contributed by atoms with E-state index in [4.69, 9.17) is 9.05 Å². The van der Waals surface area contributed by atoms with Crippen LogP contribution in [0.1, 0.15) is 94.2 Å². The van der Waals surface area contributed by atoms with E-state index >= 15 is 0 Å². The van der Waals surface area contributed by atoms with Crippen LogP contribution in [0.3, 0.4) is 0 Å². The van der Waals surface area contributed by atoms with Crippen molar-refractivity contribution in [3.8, 4) is 56.0 Å². The third-order valence-corrected chi connectivity index (χ3v) is 14.6. The quantitative estimate of drug-likeness (QED) is 0.139. The molecule has 0 saturated heterocycles. The van der Waals surface area contributed by atoms with Gasteiger partial charge in [0.15, 0.2) is 0 Å². The summed E-state index contributed by atoms with van der Waals surface area (Å²) in [5.41, 5.74) is -5.59. The number of phosphoric acid groups is 1. The minimum atomic E-state index is -5.72. The zero-order valence-corrected chi connectivity index (χ0v) is 35.3. The Labute approximate surface area is 368 Å². The van der Waals surface area contributed by atoms with Crippen molar-refractivity contribution in [2.24, 2.45) is 0 Å². The van der Waals surface area contributed by atoms with E-state index in [2.05, 4.69) is 0 Å². The van der Waals surface area contributed by atoms with Gasteiger partial charge in [-0.3, -0.25) is 4.89 Å². The van der Waals surface area contributed by atoms with Crippen molar-refractivity contribution < 1.29 is 71.2 Å². The smallest absolute Gasteiger partial charge is 0.394 e. The molecule has 12 rings (SSSR count). The maximum Gasteiger partial charge on any atom is 0.584 e. The molecule has 0 amide bonds. The van der Waals surface area contributed by atoms with Crippen molar-refractivity contribution in [2.75, 3.05) is 0 Å². The average Bonchev–Trinajstić information content (AvgIpc) is 3.82. The lowest BCUT2D eigenvalue weighted by atomic mass is 9.73. The second-order valence-corrected chi connectivity index (χ2v) is 18.8. The molecule has 342 valence electrons. The molecule has 0 saturated carbocycles. The van der Waals surface area contributed by atoms with Gasteiger partial charge in [-0.1, -0.05) is 62.4 Å². The van der Waals surface area contributed by atoms with E-state index in [-0.39, 0.29) is 60.8 Å². The number of hydrogen-bond acceptors (Lipinski definition) is 3. The van der Waals surface area contributed by atoms with Gasteiger partial charge in [-0.05, 0) is 142 Å². The molecular weight excluding hydrogens is 911 g/mol. The molecule has 17 heteroatoms. The van der Waals surface area contributed by atoms with Crippen LogP contribution in [0.25, 0.3) is 44.5 Å². The molecule has 0 radical (unpaired) electrons. The van der Waals surface area contributed by atoms with Gasteiger partial charge in [0.1, 0.15) is 11.5 Å². The van der Waals surface area contributed by atoms with Crippen molar-refractivity contribution in [3.63, 3.8) is 0 Å². The lowest BCUT2D eigenvalue weighted by molar-refractivity contribution is -0.144. The third-order valence-electron chi connectivity index (χ3n) is 13.8. The Balaban J connectivity index is 1.38. The minimum absolute atomic E-state index is 0.0522. The zero-order chi connectivity index (χ0) is 47.3. The van der Waals surface area contributed by atoms with E-state index in [9.17, 15) is 62.1 Å². The highest BCUT2D eigenvalue weighted by atomic mass is 31.2. The van der Waals surface area contributed by atoms with Crippen LogP contribution >= 0.6 is 7.82 Å². The Kier molecular flexibility index (Phi) is 9.62. The maximum atomic E-state index is 14.5. The van der Waals surface area contributed by atoms with Gasteiger partial charge >= 0.3 is 32.5 Å². The Hall–Kier alpha value is -5.73. The first-order valence-corrected chi connectivity index (χ1v) is 22.2. The summed E-state index contributed by atoms with van der Waals surface area (Å²) < 4.78 is 200. The van der Waals surface area contributed by atoms with E-state index in [1.807, 2.05) is 38.1 Å². The first-order valence-electron chi connectivity index (χ1n) is 20.7. The fourth-order valence-electron chi connectivity index (χ4n) is 10.5. The summed E-state index contributed by atoms with van der Waals surface area (Å²) in [5.74, 6) is -1.29. The average molecular weight is 945 g/mol. The van der Waals surface area contributed by atoms with Crippen LogP contribution in [0.2, 0.25) is 0 Å². The summed E-state index contributed by atoms with van der Waals surface area (Å²) in [4.78, 5) is 11.7. The molecule has 0 fully saturated rings. The van der Waals surface area contributed by atoms with Gasteiger partial charge in [0.2, 0.25) is 0 Å².